The van der Waals surface area contributed by atoms with Crippen molar-refractivity contribution in [3.8, 4) is 0 Å². The number of allylic oxidation sites excluding steroid dienone is 3. The van der Waals surface area contributed by atoms with Crippen molar-refractivity contribution in [2.75, 3.05) is 13.2 Å². The standard InChI is InChI=1S/C61H117NO5/c1-3-5-7-9-11-13-15-17-19-21-23-25-26-28-30-33-37-41-45-49-53-59(64)58(57-63)62-60(65)54-50-46-42-38-34-32-36-40-44-48-52-56-67-61(66)55-51-47-43-39-35-31-29-27-24-22-20-18-16-14-12-10-8-6-4-2/h18,20,49,53,58-59,63-64H,3-17,19,21-48,50-52,54-57H2,1-2H3,(H,62,65)/b20-18-,53-49+. The highest BCUT2D eigenvalue weighted by atomic mass is 16.5. The SMILES string of the molecule is CCCCCCCC/C=C\CCCCCCCCCCCC(=O)OCCCCCCCCCCCCCC(=O)NC(CO)C(O)/C=C/CCCCCCCCCCCCCCCCCCCC. The van der Waals surface area contributed by atoms with Crippen molar-refractivity contribution in [1.29, 1.82) is 0 Å². The first-order valence-corrected chi connectivity index (χ1v) is 30.1. The van der Waals surface area contributed by atoms with Gasteiger partial charge in [0.05, 0.1) is 25.4 Å². The van der Waals surface area contributed by atoms with Crippen LogP contribution in [-0.4, -0.2) is 47.4 Å². The van der Waals surface area contributed by atoms with Crippen molar-refractivity contribution in [2.45, 2.75) is 341 Å². The number of hydrogen-bond donors (Lipinski definition) is 3. The number of esters is 1. The van der Waals surface area contributed by atoms with Gasteiger partial charge in [-0.25, -0.2) is 0 Å². The minimum Gasteiger partial charge on any atom is -0.466 e. The third-order valence-electron chi connectivity index (χ3n) is 14.0. The van der Waals surface area contributed by atoms with E-state index in [1.54, 1.807) is 6.08 Å². The van der Waals surface area contributed by atoms with E-state index in [1.807, 2.05) is 6.08 Å². The molecular weight excluding hydrogens is 827 g/mol. The smallest absolute Gasteiger partial charge is 0.305 e. The third kappa shape index (κ3) is 53.5. The Morgan fingerprint density at radius 2 is 0.701 bits per heavy atom. The number of nitrogens with one attached hydrogen (secondary N) is 1. The summed E-state index contributed by atoms with van der Waals surface area (Å²) >= 11 is 0. The van der Waals surface area contributed by atoms with E-state index >= 15 is 0 Å². The molecule has 396 valence electrons. The van der Waals surface area contributed by atoms with Gasteiger partial charge in [-0.05, 0) is 57.8 Å². The van der Waals surface area contributed by atoms with Crippen molar-refractivity contribution in [3.63, 3.8) is 0 Å². The molecule has 6 heteroatoms. The molecule has 0 aliphatic carbocycles. The van der Waals surface area contributed by atoms with Crippen molar-refractivity contribution in [2.24, 2.45) is 0 Å². The first kappa shape index (κ1) is 65.3. The van der Waals surface area contributed by atoms with Crippen LogP contribution in [0, 0.1) is 0 Å². The Labute approximate surface area is 418 Å². The zero-order valence-corrected chi connectivity index (χ0v) is 45.1. The third-order valence-corrected chi connectivity index (χ3v) is 14.0. The predicted molar refractivity (Wildman–Crippen MR) is 292 cm³/mol. The monoisotopic (exact) mass is 944 g/mol. The van der Waals surface area contributed by atoms with Crippen LogP contribution in [-0.2, 0) is 14.3 Å². The van der Waals surface area contributed by atoms with Crippen molar-refractivity contribution >= 4 is 11.9 Å². The summed E-state index contributed by atoms with van der Waals surface area (Å²) in [4.78, 5) is 24.6. The van der Waals surface area contributed by atoms with Gasteiger partial charge in [0.1, 0.15) is 0 Å². The summed E-state index contributed by atoms with van der Waals surface area (Å²) in [5.74, 6) is -0.0991. The van der Waals surface area contributed by atoms with Crippen molar-refractivity contribution in [3.05, 3.63) is 24.3 Å². The van der Waals surface area contributed by atoms with Gasteiger partial charge in [0.15, 0.2) is 0 Å². The van der Waals surface area contributed by atoms with E-state index in [2.05, 4.69) is 31.3 Å². The molecule has 0 radical (unpaired) electrons. The van der Waals surface area contributed by atoms with Crippen LogP contribution in [0.25, 0.3) is 0 Å². The average molecular weight is 945 g/mol. The molecule has 6 nitrogen and oxygen atoms in total. The lowest BCUT2D eigenvalue weighted by atomic mass is 10.0. The fraction of sp³-hybridized carbons (Fsp3) is 0.902. The second kappa shape index (κ2) is 56.9. The van der Waals surface area contributed by atoms with Gasteiger partial charge in [-0.15, -0.1) is 0 Å². The van der Waals surface area contributed by atoms with Gasteiger partial charge in [-0.2, -0.15) is 0 Å². The molecule has 0 heterocycles. The van der Waals surface area contributed by atoms with Crippen LogP contribution in [0.2, 0.25) is 0 Å². The van der Waals surface area contributed by atoms with Crippen LogP contribution in [0.15, 0.2) is 24.3 Å². The molecule has 0 spiro atoms. The normalized spacial score (nSPS) is 12.7. The maximum atomic E-state index is 12.5. The molecule has 2 unspecified atom stereocenters. The Bertz CT molecular complexity index is 1040. The van der Waals surface area contributed by atoms with Crippen LogP contribution in [0.4, 0.5) is 0 Å². The summed E-state index contributed by atoms with van der Waals surface area (Å²) in [5, 5.41) is 23.2. The van der Waals surface area contributed by atoms with Crippen LogP contribution in [0.1, 0.15) is 328 Å². The molecule has 0 fully saturated rings. The van der Waals surface area contributed by atoms with Gasteiger partial charge in [-0.1, -0.05) is 282 Å². The van der Waals surface area contributed by atoms with Crippen LogP contribution < -0.4 is 5.32 Å². The van der Waals surface area contributed by atoms with Gasteiger partial charge < -0.3 is 20.3 Å². The molecule has 0 rings (SSSR count). The van der Waals surface area contributed by atoms with E-state index in [9.17, 15) is 19.8 Å². The Balaban J connectivity index is 3.48. The summed E-state index contributed by atoms with van der Waals surface area (Å²) < 4.78 is 5.48. The molecule has 0 saturated carbocycles. The zero-order chi connectivity index (χ0) is 48.6. The average Bonchev–Trinajstić information content (AvgIpc) is 3.33. The number of amides is 1. The highest BCUT2D eigenvalue weighted by Crippen LogP contribution is 2.17. The van der Waals surface area contributed by atoms with Gasteiger partial charge >= 0.3 is 5.97 Å². The lowest BCUT2D eigenvalue weighted by molar-refractivity contribution is -0.143. The number of aliphatic hydroxyl groups excluding tert-OH is 2. The molecule has 0 bridgehead atoms. The number of carbonyl (C=O) groups is 2. The molecule has 0 aliphatic rings. The van der Waals surface area contributed by atoms with Gasteiger partial charge in [-0.3, -0.25) is 9.59 Å². The summed E-state index contributed by atoms with van der Waals surface area (Å²) in [6, 6.07) is -0.643. The van der Waals surface area contributed by atoms with Crippen LogP contribution >= 0.6 is 0 Å². The molecule has 0 aliphatic heterocycles. The van der Waals surface area contributed by atoms with Gasteiger partial charge in [0, 0.05) is 12.8 Å². The fourth-order valence-corrected chi connectivity index (χ4v) is 9.34. The highest BCUT2D eigenvalue weighted by molar-refractivity contribution is 5.76. The van der Waals surface area contributed by atoms with E-state index in [1.165, 1.54) is 244 Å². The van der Waals surface area contributed by atoms with E-state index < -0.39 is 12.1 Å². The Kier molecular flexibility index (Phi) is 55.5. The van der Waals surface area contributed by atoms with E-state index in [0.29, 0.717) is 19.4 Å². The zero-order valence-electron chi connectivity index (χ0n) is 45.1. The number of ether oxygens (including phenoxy) is 1. The number of unbranched alkanes of at least 4 members (excludes halogenated alkanes) is 43. The van der Waals surface area contributed by atoms with Gasteiger partial charge in [0.25, 0.3) is 0 Å². The Morgan fingerprint density at radius 3 is 1.06 bits per heavy atom. The molecular formula is C61H117NO5. The first-order valence-electron chi connectivity index (χ1n) is 30.1. The maximum absolute atomic E-state index is 12.5. The predicted octanol–water partition coefficient (Wildman–Crippen LogP) is 18.6. The molecule has 2 atom stereocenters. The summed E-state index contributed by atoms with van der Waals surface area (Å²) in [6.45, 7) is 4.88. The lowest BCUT2D eigenvalue weighted by Gasteiger charge is -2.20. The largest absolute Gasteiger partial charge is 0.466 e. The second-order valence-electron chi connectivity index (χ2n) is 20.7. The molecule has 3 N–H and O–H groups in total. The van der Waals surface area contributed by atoms with Crippen LogP contribution in [0.3, 0.4) is 0 Å². The Morgan fingerprint density at radius 1 is 0.403 bits per heavy atom. The number of rotatable bonds is 56. The van der Waals surface area contributed by atoms with E-state index in [0.717, 1.165) is 57.8 Å². The maximum Gasteiger partial charge on any atom is 0.305 e. The quantitative estimate of drug-likeness (QED) is 0.0321. The van der Waals surface area contributed by atoms with Crippen LogP contribution in [0.5, 0.6) is 0 Å². The minimum absolute atomic E-state index is 0.0151. The molecule has 0 aromatic heterocycles. The summed E-state index contributed by atoms with van der Waals surface area (Å²) in [5.41, 5.74) is 0. The number of carbonyl (C=O) groups excluding carboxylic acids is 2. The number of aliphatic hydroxyl groups is 2. The topological polar surface area (TPSA) is 95.9 Å². The first-order chi connectivity index (χ1) is 33.0. The fourth-order valence-electron chi connectivity index (χ4n) is 9.34. The minimum atomic E-state index is -0.857. The second-order valence-corrected chi connectivity index (χ2v) is 20.7. The molecule has 0 saturated heterocycles. The van der Waals surface area contributed by atoms with E-state index in [-0.39, 0.29) is 18.5 Å². The van der Waals surface area contributed by atoms with Crippen molar-refractivity contribution < 1.29 is 24.5 Å². The molecule has 0 aromatic rings. The highest BCUT2D eigenvalue weighted by Gasteiger charge is 2.18. The summed E-state index contributed by atoms with van der Waals surface area (Å²) in [7, 11) is 0. The molecule has 1 amide bonds. The molecule has 67 heavy (non-hydrogen) atoms. The lowest BCUT2D eigenvalue weighted by Crippen LogP contribution is -2.45. The number of hydrogen-bond acceptors (Lipinski definition) is 5. The molecule has 0 aromatic carbocycles. The van der Waals surface area contributed by atoms with Crippen molar-refractivity contribution in [1.82, 2.24) is 5.32 Å². The summed E-state index contributed by atoms with van der Waals surface area (Å²) in [6.07, 6.45) is 69.1. The Hall–Kier alpha value is -1.66. The van der Waals surface area contributed by atoms with E-state index in [4.69, 9.17) is 4.74 Å². The van der Waals surface area contributed by atoms with Gasteiger partial charge in [0.2, 0.25) is 5.91 Å².